The summed E-state index contributed by atoms with van der Waals surface area (Å²) in [7, 11) is 0. The molecule has 1 fully saturated rings. The minimum Gasteiger partial charge on any atom is -0.481 e. The van der Waals surface area contributed by atoms with Crippen molar-refractivity contribution in [1.29, 1.82) is 0 Å². The maximum Gasteiger partial charge on any atom is 0.306 e. The van der Waals surface area contributed by atoms with Gasteiger partial charge in [-0.2, -0.15) is 0 Å². The van der Waals surface area contributed by atoms with E-state index in [2.05, 4.69) is 12.2 Å². The predicted molar refractivity (Wildman–Crippen MR) is 47.9 cm³/mol. The van der Waals surface area contributed by atoms with Gasteiger partial charge in [0.15, 0.2) is 0 Å². The van der Waals surface area contributed by atoms with Crippen LogP contribution in [0.3, 0.4) is 0 Å². The summed E-state index contributed by atoms with van der Waals surface area (Å²) in [5.41, 5.74) is 0. The van der Waals surface area contributed by atoms with Gasteiger partial charge in [0.2, 0.25) is 0 Å². The van der Waals surface area contributed by atoms with Crippen LogP contribution in [0.15, 0.2) is 12.2 Å². The van der Waals surface area contributed by atoms with Crippen LogP contribution < -0.4 is 0 Å². The molecule has 0 amide bonds. The topological polar surface area (TPSA) is 37.3 Å². The van der Waals surface area contributed by atoms with E-state index in [9.17, 15) is 4.79 Å². The average Bonchev–Trinajstić information content (AvgIpc) is 2.06. The molecule has 0 unspecified atom stereocenters. The molecule has 2 heteroatoms. The van der Waals surface area contributed by atoms with Crippen molar-refractivity contribution in [2.24, 2.45) is 11.8 Å². The molecule has 12 heavy (non-hydrogen) atoms. The van der Waals surface area contributed by atoms with Crippen LogP contribution in [0, 0.1) is 11.8 Å². The van der Waals surface area contributed by atoms with Gasteiger partial charge in [0.05, 0.1) is 5.92 Å². The van der Waals surface area contributed by atoms with Gasteiger partial charge in [-0.3, -0.25) is 4.79 Å². The summed E-state index contributed by atoms with van der Waals surface area (Å²) in [6.45, 7) is 2.02. The van der Waals surface area contributed by atoms with Crippen LogP contribution in [-0.2, 0) is 4.79 Å². The van der Waals surface area contributed by atoms with Crippen molar-refractivity contribution in [2.75, 3.05) is 0 Å². The summed E-state index contributed by atoms with van der Waals surface area (Å²) in [5.74, 6) is -0.0639. The van der Waals surface area contributed by atoms with Crippen molar-refractivity contribution in [3.05, 3.63) is 12.2 Å². The first-order valence-corrected chi connectivity index (χ1v) is 4.59. The molecule has 0 bridgehead atoms. The number of carboxylic acid groups (broad SMARTS) is 1. The third kappa shape index (κ3) is 2.36. The number of aliphatic carboxylic acids is 1. The van der Waals surface area contributed by atoms with Crippen LogP contribution >= 0.6 is 0 Å². The van der Waals surface area contributed by atoms with Gasteiger partial charge in [-0.25, -0.2) is 0 Å². The Hall–Kier alpha value is -0.790. The van der Waals surface area contributed by atoms with E-state index >= 15 is 0 Å². The summed E-state index contributed by atoms with van der Waals surface area (Å²) in [6, 6.07) is 0. The SMILES string of the molecule is C/C=C/[C@H]1CC[C@H](C(=O)O)CC1. The number of allylic oxidation sites excluding steroid dienone is 2. The maximum absolute atomic E-state index is 10.6. The molecule has 1 aliphatic carbocycles. The highest BCUT2D eigenvalue weighted by molar-refractivity contribution is 5.70. The number of hydrogen-bond donors (Lipinski definition) is 1. The molecule has 0 aliphatic heterocycles. The normalized spacial score (nSPS) is 30.8. The lowest BCUT2D eigenvalue weighted by Gasteiger charge is -2.23. The van der Waals surface area contributed by atoms with Crippen molar-refractivity contribution in [1.82, 2.24) is 0 Å². The summed E-state index contributed by atoms with van der Waals surface area (Å²) < 4.78 is 0. The van der Waals surface area contributed by atoms with Crippen LogP contribution in [0.4, 0.5) is 0 Å². The lowest BCUT2D eigenvalue weighted by Crippen LogP contribution is -2.20. The zero-order valence-corrected chi connectivity index (χ0v) is 7.49. The molecule has 1 N–H and O–H groups in total. The molecule has 1 saturated carbocycles. The van der Waals surface area contributed by atoms with Crippen LogP contribution in [0.25, 0.3) is 0 Å². The van der Waals surface area contributed by atoms with Gasteiger partial charge in [0, 0.05) is 0 Å². The summed E-state index contributed by atoms with van der Waals surface area (Å²) in [4.78, 5) is 10.6. The van der Waals surface area contributed by atoms with Crippen LogP contribution in [-0.4, -0.2) is 11.1 Å². The zero-order chi connectivity index (χ0) is 8.97. The molecular weight excluding hydrogens is 152 g/mol. The maximum atomic E-state index is 10.6. The Kier molecular flexibility index (Phi) is 3.32. The molecule has 0 radical (unpaired) electrons. The Morgan fingerprint density at radius 2 is 1.92 bits per heavy atom. The molecule has 0 spiro atoms. The minimum absolute atomic E-state index is 0.0773. The third-order valence-corrected chi connectivity index (χ3v) is 2.59. The van der Waals surface area contributed by atoms with Gasteiger partial charge in [0.1, 0.15) is 0 Å². The second kappa shape index (κ2) is 4.29. The highest BCUT2D eigenvalue weighted by atomic mass is 16.4. The molecule has 0 aromatic heterocycles. The monoisotopic (exact) mass is 168 g/mol. The molecular formula is C10H16O2. The number of carboxylic acids is 1. The van der Waals surface area contributed by atoms with Gasteiger partial charge in [-0.05, 0) is 38.5 Å². The van der Waals surface area contributed by atoms with E-state index < -0.39 is 5.97 Å². The van der Waals surface area contributed by atoms with Crippen molar-refractivity contribution in [3.63, 3.8) is 0 Å². The first-order chi connectivity index (χ1) is 5.74. The molecule has 68 valence electrons. The standard InChI is InChI=1S/C10H16O2/c1-2-3-8-4-6-9(7-5-8)10(11)12/h2-3,8-9H,4-7H2,1H3,(H,11,12)/b3-2+/t8-,9-. The van der Waals surface area contributed by atoms with Crippen molar-refractivity contribution < 1.29 is 9.90 Å². The Bertz CT molecular complexity index is 176. The van der Waals surface area contributed by atoms with E-state index in [1.807, 2.05) is 6.92 Å². The quantitative estimate of drug-likeness (QED) is 0.643. The Labute approximate surface area is 73.3 Å². The second-order valence-electron chi connectivity index (χ2n) is 3.48. The summed E-state index contributed by atoms with van der Waals surface area (Å²) in [6.07, 6.45) is 8.04. The molecule has 2 nitrogen and oxygen atoms in total. The van der Waals surface area contributed by atoms with Crippen LogP contribution in [0.5, 0.6) is 0 Å². The molecule has 0 aromatic rings. The summed E-state index contributed by atoms with van der Waals surface area (Å²) >= 11 is 0. The average molecular weight is 168 g/mol. The van der Waals surface area contributed by atoms with E-state index in [-0.39, 0.29) is 5.92 Å². The highest BCUT2D eigenvalue weighted by Gasteiger charge is 2.24. The van der Waals surface area contributed by atoms with Crippen LogP contribution in [0.2, 0.25) is 0 Å². The van der Waals surface area contributed by atoms with E-state index in [0.29, 0.717) is 5.92 Å². The first-order valence-electron chi connectivity index (χ1n) is 4.59. The lowest BCUT2D eigenvalue weighted by molar-refractivity contribution is -0.142. The van der Waals surface area contributed by atoms with Gasteiger partial charge >= 0.3 is 5.97 Å². The van der Waals surface area contributed by atoms with Gasteiger partial charge < -0.3 is 5.11 Å². The first kappa shape index (κ1) is 9.30. The number of hydrogen-bond acceptors (Lipinski definition) is 1. The fourth-order valence-electron chi connectivity index (χ4n) is 1.83. The van der Waals surface area contributed by atoms with E-state index in [0.717, 1.165) is 25.7 Å². The number of rotatable bonds is 2. The van der Waals surface area contributed by atoms with Crippen molar-refractivity contribution in [2.45, 2.75) is 32.6 Å². The largest absolute Gasteiger partial charge is 0.481 e. The van der Waals surface area contributed by atoms with Gasteiger partial charge in [-0.15, -0.1) is 0 Å². The Morgan fingerprint density at radius 1 is 1.33 bits per heavy atom. The Morgan fingerprint density at radius 3 is 2.33 bits per heavy atom. The fourth-order valence-corrected chi connectivity index (χ4v) is 1.83. The predicted octanol–water partition coefficient (Wildman–Crippen LogP) is 2.45. The molecule has 0 aromatic carbocycles. The molecule has 1 aliphatic rings. The number of carbonyl (C=O) groups is 1. The van der Waals surface area contributed by atoms with E-state index in [1.54, 1.807) is 0 Å². The molecule has 0 atom stereocenters. The van der Waals surface area contributed by atoms with Gasteiger partial charge in [0.25, 0.3) is 0 Å². The zero-order valence-electron chi connectivity index (χ0n) is 7.49. The van der Waals surface area contributed by atoms with Crippen molar-refractivity contribution >= 4 is 5.97 Å². The Balaban J connectivity index is 2.34. The van der Waals surface area contributed by atoms with Crippen LogP contribution in [0.1, 0.15) is 32.6 Å². The second-order valence-corrected chi connectivity index (χ2v) is 3.48. The summed E-state index contributed by atoms with van der Waals surface area (Å²) in [5, 5.41) is 8.74. The molecule has 0 heterocycles. The van der Waals surface area contributed by atoms with E-state index in [4.69, 9.17) is 5.11 Å². The highest BCUT2D eigenvalue weighted by Crippen LogP contribution is 2.29. The van der Waals surface area contributed by atoms with E-state index in [1.165, 1.54) is 0 Å². The third-order valence-electron chi connectivity index (χ3n) is 2.59. The minimum atomic E-state index is -0.617. The fraction of sp³-hybridized carbons (Fsp3) is 0.700. The smallest absolute Gasteiger partial charge is 0.306 e. The van der Waals surface area contributed by atoms with Crippen molar-refractivity contribution in [3.8, 4) is 0 Å². The van der Waals surface area contributed by atoms with Gasteiger partial charge in [-0.1, -0.05) is 12.2 Å². The molecule has 1 rings (SSSR count). The lowest BCUT2D eigenvalue weighted by atomic mass is 9.82. The molecule has 0 saturated heterocycles.